The summed E-state index contributed by atoms with van der Waals surface area (Å²) in [4.78, 5) is 9.80. The van der Waals surface area contributed by atoms with Crippen LogP contribution in [0.5, 0.6) is 0 Å². The molecular formula is C8H17NO. The Bertz CT molecular complexity index is 83.3. The Morgan fingerprint density at radius 1 is 1.40 bits per heavy atom. The van der Waals surface area contributed by atoms with Crippen LogP contribution in [0.4, 0.5) is 0 Å². The van der Waals surface area contributed by atoms with E-state index in [0.29, 0.717) is 12.5 Å². The number of hydrogen-bond acceptors (Lipinski definition) is 2. The molecule has 0 N–H and O–H groups in total. The molecule has 0 fully saturated rings. The van der Waals surface area contributed by atoms with Crippen molar-refractivity contribution >= 4 is 0 Å². The third-order valence-electron chi connectivity index (χ3n) is 1.69. The van der Waals surface area contributed by atoms with Crippen LogP contribution in [0.15, 0.2) is 5.18 Å². The number of rotatable bonds is 6. The second kappa shape index (κ2) is 6.72. The van der Waals surface area contributed by atoms with Gasteiger partial charge in [0, 0.05) is 0 Å². The van der Waals surface area contributed by atoms with E-state index in [1.165, 1.54) is 19.3 Å². The zero-order valence-electron chi connectivity index (χ0n) is 6.97. The minimum Gasteiger partial charge on any atom is -0.151 e. The molecule has 0 aromatic rings. The van der Waals surface area contributed by atoms with Crippen molar-refractivity contribution < 1.29 is 0 Å². The maximum absolute atomic E-state index is 9.80. The van der Waals surface area contributed by atoms with Gasteiger partial charge in [-0.2, -0.15) is 4.91 Å². The summed E-state index contributed by atoms with van der Waals surface area (Å²) < 4.78 is 0. The Kier molecular flexibility index (Phi) is 6.45. The average molecular weight is 143 g/mol. The van der Waals surface area contributed by atoms with Crippen LogP contribution in [-0.4, -0.2) is 6.54 Å². The van der Waals surface area contributed by atoms with E-state index in [1.807, 2.05) is 0 Å². The quantitative estimate of drug-likeness (QED) is 0.415. The summed E-state index contributed by atoms with van der Waals surface area (Å²) in [5.41, 5.74) is 0. The summed E-state index contributed by atoms with van der Waals surface area (Å²) >= 11 is 0. The summed E-state index contributed by atoms with van der Waals surface area (Å²) in [6.07, 6.45) is 4.93. The molecule has 0 saturated heterocycles. The van der Waals surface area contributed by atoms with E-state index >= 15 is 0 Å². The first-order valence-electron chi connectivity index (χ1n) is 4.10. The van der Waals surface area contributed by atoms with Crippen molar-refractivity contribution in [1.82, 2.24) is 0 Å². The summed E-state index contributed by atoms with van der Waals surface area (Å²) in [7, 11) is 0. The van der Waals surface area contributed by atoms with E-state index < -0.39 is 0 Å². The minimum absolute atomic E-state index is 0.490. The first-order valence-corrected chi connectivity index (χ1v) is 4.10. The van der Waals surface area contributed by atoms with Crippen molar-refractivity contribution in [1.29, 1.82) is 0 Å². The average Bonchev–Trinajstić information content (AvgIpc) is 1.89. The highest BCUT2D eigenvalue weighted by atomic mass is 16.3. The molecule has 0 radical (unpaired) electrons. The first kappa shape index (κ1) is 9.60. The predicted molar refractivity (Wildman–Crippen MR) is 44.0 cm³/mol. The van der Waals surface area contributed by atoms with Gasteiger partial charge >= 0.3 is 0 Å². The zero-order chi connectivity index (χ0) is 7.82. The molecule has 0 aromatic carbocycles. The van der Waals surface area contributed by atoms with E-state index in [1.54, 1.807) is 0 Å². The molecule has 0 rings (SSSR count). The lowest BCUT2D eigenvalue weighted by Gasteiger charge is -2.04. The normalized spacial score (nSPS) is 13.0. The van der Waals surface area contributed by atoms with Crippen molar-refractivity contribution in [3.05, 3.63) is 4.91 Å². The molecule has 60 valence electrons. The van der Waals surface area contributed by atoms with Gasteiger partial charge in [-0.25, -0.2) is 0 Å². The summed E-state index contributed by atoms with van der Waals surface area (Å²) in [6.45, 7) is 4.75. The largest absolute Gasteiger partial charge is 0.151 e. The van der Waals surface area contributed by atoms with Gasteiger partial charge in [0.2, 0.25) is 0 Å². The highest BCUT2D eigenvalue weighted by molar-refractivity contribution is 4.55. The number of nitrogens with zero attached hydrogens (tertiary/aromatic N) is 1. The number of unbranched alkanes of at least 4 members (excludes halogenated alkanes) is 2. The van der Waals surface area contributed by atoms with Gasteiger partial charge in [0.25, 0.3) is 0 Å². The molecule has 0 aliphatic heterocycles. The molecule has 0 bridgehead atoms. The van der Waals surface area contributed by atoms with Crippen LogP contribution in [0.1, 0.15) is 39.5 Å². The standard InChI is InChI=1S/C8H17NO/c1-3-4-5-6-8(2)7-9-10/h8H,3-7H2,1-2H3. The fourth-order valence-electron chi connectivity index (χ4n) is 0.961. The molecule has 2 nitrogen and oxygen atoms in total. The summed E-state index contributed by atoms with van der Waals surface area (Å²) in [6, 6.07) is 0. The van der Waals surface area contributed by atoms with E-state index in [9.17, 15) is 4.91 Å². The van der Waals surface area contributed by atoms with Crippen LogP contribution in [0, 0.1) is 10.8 Å². The van der Waals surface area contributed by atoms with Gasteiger partial charge in [-0.05, 0) is 12.3 Å². The fourth-order valence-corrected chi connectivity index (χ4v) is 0.961. The zero-order valence-corrected chi connectivity index (χ0v) is 6.97. The van der Waals surface area contributed by atoms with Crippen LogP contribution in [-0.2, 0) is 0 Å². The van der Waals surface area contributed by atoms with Crippen LogP contribution in [0.25, 0.3) is 0 Å². The van der Waals surface area contributed by atoms with E-state index in [2.05, 4.69) is 19.0 Å². The summed E-state index contributed by atoms with van der Waals surface area (Å²) in [5, 5.41) is 2.86. The van der Waals surface area contributed by atoms with Crippen molar-refractivity contribution in [2.45, 2.75) is 39.5 Å². The molecule has 10 heavy (non-hydrogen) atoms. The predicted octanol–water partition coefficient (Wildman–Crippen LogP) is 2.97. The Morgan fingerprint density at radius 2 is 2.10 bits per heavy atom. The molecule has 0 amide bonds. The molecule has 0 aliphatic carbocycles. The Labute approximate surface area is 63.0 Å². The lowest BCUT2D eigenvalue weighted by Crippen LogP contribution is -1.97. The lowest BCUT2D eigenvalue weighted by atomic mass is 10.0. The molecule has 0 saturated carbocycles. The molecule has 0 spiro atoms. The van der Waals surface area contributed by atoms with Gasteiger partial charge in [-0.1, -0.05) is 38.3 Å². The second-order valence-electron chi connectivity index (χ2n) is 2.91. The monoisotopic (exact) mass is 143 g/mol. The second-order valence-corrected chi connectivity index (χ2v) is 2.91. The Balaban J connectivity index is 3.04. The molecular weight excluding hydrogens is 126 g/mol. The van der Waals surface area contributed by atoms with Crippen LogP contribution >= 0.6 is 0 Å². The third-order valence-corrected chi connectivity index (χ3v) is 1.69. The third kappa shape index (κ3) is 5.73. The van der Waals surface area contributed by atoms with Gasteiger partial charge in [0.15, 0.2) is 0 Å². The summed E-state index contributed by atoms with van der Waals surface area (Å²) in [5.74, 6) is 0.490. The molecule has 2 heteroatoms. The number of nitroso groups, excluding NO2 is 1. The maximum Gasteiger partial charge on any atom is 0.0836 e. The Morgan fingerprint density at radius 3 is 2.60 bits per heavy atom. The van der Waals surface area contributed by atoms with Crippen molar-refractivity contribution in [2.24, 2.45) is 11.1 Å². The smallest absolute Gasteiger partial charge is 0.0836 e. The van der Waals surface area contributed by atoms with E-state index in [0.717, 1.165) is 6.42 Å². The van der Waals surface area contributed by atoms with E-state index in [4.69, 9.17) is 0 Å². The SMILES string of the molecule is CCCCCC(C)CN=O. The topological polar surface area (TPSA) is 29.4 Å². The molecule has 1 unspecified atom stereocenters. The number of hydrogen-bond donors (Lipinski definition) is 0. The fraction of sp³-hybridized carbons (Fsp3) is 1.00. The highest BCUT2D eigenvalue weighted by Gasteiger charge is 1.99. The molecule has 0 heterocycles. The van der Waals surface area contributed by atoms with Gasteiger partial charge in [0.1, 0.15) is 0 Å². The molecule has 1 atom stereocenters. The molecule has 0 aliphatic rings. The highest BCUT2D eigenvalue weighted by Crippen LogP contribution is 2.08. The minimum atomic E-state index is 0.490. The van der Waals surface area contributed by atoms with Crippen molar-refractivity contribution in [2.75, 3.05) is 6.54 Å². The van der Waals surface area contributed by atoms with Gasteiger partial charge < -0.3 is 0 Å². The Hall–Kier alpha value is -0.400. The van der Waals surface area contributed by atoms with Crippen LogP contribution in [0.3, 0.4) is 0 Å². The maximum atomic E-state index is 9.80. The van der Waals surface area contributed by atoms with Crippen molar-refractivity contribution in [3.63, 3.8) is 0 Å². The van der Waals surface area contributed by atoms with Crippen LogP contribution in [0.2, 0.25) is 0 Å². The first-order chi connectivity index (χ1) is 4.81. The van der Waals surface area contributed by atoms with Gasteiger partial charge in [0.05, 0.1) is 6.54 Å². The van der Waals surface area contributed by atoms with Crippen LogP contribution < -0.4 is 0 Å². The van der Waals surface area contributed by atoms with Gasteiger partial charge in [-0.3, -0.25) is 0 Å². The van der Waals surface area contributed by atoms with Crippen molar-refractivity contribution in [3.8, 4) is 0 Å². The molecule has 0 aromatic heterocycles. The lowest BCUT2D eigenvalue weighted by molar-refractivity contribution is 0.504. The van der Waals surface area contributed by atoms with Gasteiger partial charge in [-0.15, -0.1) is 0 Å². The van der Waals surface area contributed by atoms with E-state index in [-0.39, 0.29) is 0 Å².